The zero-order chi connectivity index (χ0) is 14.5. The van der Waals surface area contributed by atoms with E-state index in [-0.39, 0.29) is 6.04 Å². The van der Waals surface area contributed by atoms with Crippen molar-refractivity contribution in [3.8, 4) is 5.75 Å². The van der Waals surface area contributed by atoms with E-state index >= 15 is 0 Å². The fourth-order valence-electron chi connectivity index (χ4n) is 3.37. The average molecular weight is 340 g/mol. The summed E-state index contributed by atoms with van der Waals surface area (Å²) < 4.78 is 6.29. The van der Waals surface area contributed by atoms with E-state index in [9.17, 15) is 0 Å². The number of methoxy groups -OCH3 is 1. The fourth-order valence-corrected chi connectivity index (χ4v) is 3.96. The highest BCUT2D eigenvalue weighted by atomic mass is 79.9. The van der Waals surface area contributed by atoms with Crippen LogP contribution < -0.4 is 10.5 Å². The van der Waals surface area contributed by atoms with Crippen LogP contribution in [0, 0.1) is 11.8 Å². The van der Waals surface area contributed by atoms with Crippen LogP contribution in [-0.2, 0) is 6.42 Å². The third-order valence-corrected chi connectivity index (χ3v) is 5.31. The molecule has 3 unspecified atom stereocenters. The molecule has 3 atom stereocenters. The second-order valence-electron chi connectivity index (χ2n) is 6.04. The Morgan fingerprint density at radius 1 is 1.40 bits per heavy atom. The third kappa shape index (κ3) is 3.98. The van der Waals surface area contributed by atoms with Crippen molar-refractivity contribution in [2.75, 3.05) is 7.11 Å². The van der Waals surface area contributed by atoms with Gasteiger partial charge < -0.3 is 10.5 Å². The van der Waals surface area contributed by atoms with Crippen molar-refractivity contribution in [2.24, 2.45) is 17.6 Å². The number of rotatable bonds is 5. The van der Waals surface area contributed by atoms with E-state index in [1.165, 1.54) is 37.7 Å². The molecule has 3 heteroatoms. The van der Waals surface area contributed by atoms with E-state index < -0.39 is 0 Å². The fraction of sp³-hybridized carbons (Fsp3) is 0.647. The highest BCUT2D eigenvalue weighted by Crippen LogP contribution is 2.33. The summed E-state index contributed by atoms with van der Waals surface area (Å²) in [5, 5.41) is 0. The van der Waals surface area contributed by atoms with Crippen molar-refractivity contribution in [3.05, 3.63) is 28.2 Å². The molecule has 0 bridgehead atoms. The molecule has 112 valence electrons. The zero-order valence-corrected chi connectivity index (χ0v) is 14.2. The Morgan fingerprint density at radius 2 is 2.20 bits per heavy atom. The number of ether oxygens (including phenoxy) is 1. The summed E-state index contributed by atoms with van der Waals surface area (Å²) in [5.41, 5.74) is 7.77. The maximum atomic E-state index is 6.47. The van der Waals surface area contributed by atoms with E-state index in [0.29, 0.717) is 5.92 Å². The van der Waals surface area contributed by atoms with Crippen LogP contribution >= 0.6 is 15.9 Å². The summed E-state index contributed by atoms with van der Waals surface area (Å²) >= 11 is 3.55. The summed E-state index contributed by atoms with van der Waals surface area (Å²) in [5.74, 6) is 2.46. The second-order valence-corrected chi connectivity index (χ2v) is 6.89. The number of halogens is 1. The molecular weight excluding hydrogens is 314 g/mol. The van der Waals surface area contributed by atoms with Crippen LogP contribution in [0.5, 0.6) is 5.75 Å². The van der Waals surface area contributed by atoms with Gasteiger partial charge in [-0.3, -0.25) is 0 Å². The van der Waals surface area contributed by atoms with Crippen LogP contribution in [-0.4, -0.2) is 13.2 Å². The highest BCUT2D eigenvalue weighted by Gasteiger charge is 2.25. The van der Waals surface area contributed by atoms with Gasteiger partial charge in [-0.2, -0.15) is 0 Å². The Labute approximate surface area is 131 Å². The molecule has 0 saturated heterocycles. The summed E-state index contributed by atoms with van der Waals surface area (Å²) in [6.45, 7) is 2.30. The first-order valence-corrected chi connectivity index (χ1v) is 8.51. The molecule has 1 aliphatic rings. The first kappa shape index (κ1) is 15.8. The van der Waals surface area contributed by atoms with Crippen LogP contribution in [0.1, 0.15) is 44.6 Å². The molecular formula is C17H26BrNO. The number of nitrogens with two attached hydrogens (primary N) is 1. The van der Waals surface area contributed by atoms with Crippen LogP contribution in [0.4, 0.5) is 0 Å². The van der Waals surface area contributed by atoms with Crippen LogP contribution in [0.15, 0.2) is 22.7 Å². The Morgan fingerprint density at radius 3 is 2.85 bits per heavy atom. The molecule has 20 heavy (non-hydrogen) atoms. The Bertz CT molecular complexity index is 435. The topological polar surface area (TPSA) is 35.2 Å². The summed E-state index contributed by atoms with van der Waals surface area (Å²) in [7, 11) is 1.69. The van der Waals surface area contributed by atoms with Gasteiger partial charge in [0.05, 0.1) is 11.6 Å². The zero-order valence-electron chi connectivity index (χ0n) is 12.6. The van der Waals surface area contributed by atoms with Crippen LogP contribution in [0.2, 0.25) is 0 Å². The number of hydrogen-bond donors (Lipinski definition) is 1. The second kappa shape index (κ2) is 7.46. The lowest BCUT2D eigenvalue weighted by atomic mass is 9.76. The summed E-state index contributed by atoms with van der Waals surface area (Å²) in [4.78, 5) is 0. The Balaban J connectivity index is 1.96. The van der Waals surface area contributed by atoms with E-state index in [1.54, 1.807) is 7.11 Å². The van der Waals surface area contributed by atoms with Gasteiger partial charge in [0.2, 0.25) is 0 Å². The normalized spacial score (nSPS) is 24.4. The average Bonchev–Trinajstić information content (AvgIpc) is 2.47. The van der Waals surface area contributed by atoms with Crippen molar-refractivity contribution < 1.29 is 4.74 Å². The van der Waals surface area contributed by atoms with Crippen LogP contribution in [0.3, 0.4) is 0 Å². The van der Waals surface area contributed by atoms with Crippen molar-refractivity contribution in [1.29, 1.82) is 0 Å². The molecule has 0 aromatic heterocycles. The Kier molecular flexibility index (Phi) is 5.91. The molecule has 0 aliphatic heterocycles. The van der Waals surface area contributed by atoms with Crippen LogP contribution in [0.25, 0.3) is 0 Å². The minimum atomic E-state index is 0.282. The molecule has 1 aromatic carbocycles. The molecule has 1 fully saturated rings. The highest BCUT2D eigenvalue weighted by molar-refractivity contribution is 9.10. The number of hydrogen-bond acceptors (Lipinski definition) is 2. The van der Waals surface area contributed by atoms with Gasteiger partial charge >= 0.3 is 0 Å². The number of benzene rings is 1. The maximum Gasteiger partial charge on any atom is 0.133 e. The van der Waals surface area contributed by atoms with E-state index in [1.807, 2.05) is 6.07 Å². The van der Waals surface area contributed by atoms with Gasteiger partial charge in [0.25, 0.3) is 0 Å². The molecule has 0 heterocycles. The molecule has 2 N–H and O–H groups in total. The van der Waals surface area contributed by atoms with Crippen molar-refractivity contribution in [2.45, 2.75) is 51.5 Å². The molecule has 1 aliphatic carbocycles. The Hall–Kier alpha value is -0.540. The molecule has 0 spiro atoms. The van der Waals surface area contributed by atoms with Crippen molar-refractivity contribution >= 4 is 15.9 Å². The van der Waals surface area contributed by atoms with E-state index in [4.69, 9.17) is 10.5 Å². The quantitative estimate of drug-likeness (QED) is 0.854. The van der Waals surface area contributed by atoms with Gasteiger partial charge in [-0.25, -0.2) is 0 Å². The van der Waals surface area contributed by atoms with Gasteiger partial charge in [-0.05, 0) is 64.7 Å². The minimum Gasteiger partial charge on any atom is -0.496 e. The largest absolute Gasteiger partial charge is 0.496 e. The minimum absolute atomic E-state index is 0.282. The lowest BCUT2D eigenvalue weighted by Crippen LogP contribution is -2.35. The maximum absolute atomic E-state index is 6.47. The first-order chi connectivity index (χ1) is 9.63. The first-order valence-electron chi connectivity index (χ1n) is 7.72. The molecule has 1 aromatic rings. The van der Waals surface area contributed by atoms with E-state index in [0.717, 1.165) is 22.6 Å². The van der Waals surface area contributed by atoms with Crippen molar-refractivity contribution in [3.63, 3.8) is 0 Å². The molecule has 0 amide bonds. The summed E-state index contributed by atoms with van der Waals surface area (Å²) in [6.07, 6.45) is 7.63. The molecule has 0 radical (unpaired) electrons. The molecule has 2 nitrogen and oxygen atoms in total. The third-order valence-electron chi connectivity index (χ3n) is 4.69. The van der Waals surface area contributed by atoms with Gasteiger partial charge in [0, 0.05) is 6.04 Å². The lowest BCUT2D eigenvalue weighted by Gasteiger charge is -2.32. The summed E-state index contributed by atoms with van der Waals surface area (Å²) in [6, 6.07) is 6.56. The molecule has 1 saturated carbocycles. The predicted octanol–water partition coefficient (Wildman–Crippen LogP) is 4.54. The smallest absolute Gasteiger partial charge is 0.133 e. The molecule has 2 rings (SSSR count). The van der Waals surface area contributed by atoms with Crippen molar-refractivity contribution in [1.82, 2.24) is 0 Å². The standard InChI is InChI=1S/C17H26BrNO/c1-3-12-5-4-6-14(9-12)16(19)11-13-7-8-17(20-2)15(18)10-13/h7-8,10,12,14,16H,3-6,9,11,19H2,1-2H3. The lowest BCUT2D eigenvalue weighted by molar-refractivity contribution is 0.228. The monoisotopic (exact) mass is 339 g/mol. The van der Waals surface area contributed by atoms with Gasteiger partial charge in [0.1, 0.15) is 5.75 Å². The van der Waals surface area contributed by atoms with E-state index in [2.05, 4.69) is 35.0 Å². The van der Waals surface area contributed by atoms with Gasteiger partial charge in [0.15, 0.2) is 0 Å². The van der Waals surface area contributed by atoms with Gasteiger partial charge in [-0.1, -0.05) is 32.3 Å². The SMILES string of the molecule is CCC1CCCC(C(N)Cc2ccc(OC)c(Br)c2)C1. The predicted molar refractivity (Wildman–Crippen MR) is 88.1 cm³/mol. The van der Waals surface area contributed by atoms with Gasteiger partial charge in [-0.15, -0.1) is 0 Å².